The summed E-state index contributed by atoms with van der Waals surface area (Å²) >= 11 is 0. The van der Waals surface area contributed by atoms with E-state index in [2.05, 4.69) is 13.8 Å². The molecule has 2 nitrogen and oxygen atoms in total. The molecule has 0 aromatic rings. The van der Waals surface area contributed by atoms with Crippen LogP contribution in [0, 0.1) is 11.3 Å². The van der Waals surface area contributed by atoms with Crippen molar-refractivity contribution in [3.63, 3.8) is 0 Å². The highest BCUT2D eigenvalue weighted by Crippen LogP contribution is 2.38. The summed E-state index contributed by atoms with van der Waals surface area (Å²) in [5.74, 6) is 0.617. The Morgan fingerprint density at radius 3 is 2.30 bits per heavy atom. The van der Waals surface area contributed by atoms with Crippen molar-refractivity contribution in [2.75, 3.05) is 19.8 Å². The standard InChI is InChI=1S/C8H17NO/c1-3-8(5-10-6-8)7(2)4-9/h7H,3-6,9H2,1-2H3/t7-/m0/s1. The normalized spacial score (nSPS) is 25.5. The third-order valence-electron chi connectivity index (χ3n) is 2.88. The van der Waals surface area contributed by atoms with Crippen molar-refractivity contribution in [1.82, 2.24) is 0 Å². The minimum absolute atomic E-state index is 0.425. The van der Waals surface area contributed by atoms with Gasteiger partial charge in [0.05, 0.1) is 13.2 Å². The van der Waals surface area contributed by atoms with Crippen LogP contribution < -0.4 is 5.73 Å². The third kappa shape index (κ3) is 1.06. The van der Waals surface area contributed by atoms with Crippen LogP contribution in [-0.4, -0.2) is 19.8 Å². The van der Waals surface area contributed by atoms with E-state index in [-0.39, 0.29) is 0 Å². The molecule has 0 aliphatic carbocycles. The third-order valence-corrected chi connectivity index (χ3v) is 2.88. The summed E-state index contributed by atoms with van der Waals surface area (Å²) in [6, 6.07) is 0. The van der Waals surface area contributed by atoms with Crippen LogP contribution in [0.4, 0.5) is 0 Å². The summed E-state index contributed by atoms with van der Waals surface area (Å²) in [4.78, 5) is 0. The summed E-state index contributed by atoms with van der Waals surface area (Å²) in [6.07, 6.45) is 1.20. The highest BCUT2D eigenvalue weighted by atomic mass is 16.5. The molecule has 0 radical (unpaired) electrons. The maximum absolute atomic E-state index is 5.59. The molecule has 2 N–H and O–H groups in total. The molecule has 0 bridgehead atoms. The Balaban J connectivity index is 2.46. The van der Waals surface area contributed by atoms with Crippen molar-refractivity contribution in [2.45, 2.75) is 20.3 Å². The molecule has 0 aromatic heterocycles. The second-order valence-corrected chi connectivity index (χ2v) is 3.35. The Labute approximate surface area is 62.7 Å². The largest absolute Gasteiger partial charge is 0.380 e. The molecule has 1 heterocycles. The predicted octanol–water partition coefficient (Wildman–Crippen LogP) is 1.01. The van der Waals surface area contributed by atoms with Gasteiger partial charge in [0, 0.05) is 5.41 Å². The number of rotatable bonds is 3. The maximum atomic E-state index is 5.59. The van der Waals surface area contributed by atoms with Gasteiger partial charge in [0.25, 0.3) is 0 Å². The Bertz CT molecular complexity index is 104. The fraction of sp³-hybridized carbons (Fsp3) is 1.00. The van der Waals surface area contributed by atoms with Crippen molar-refractivity contribution in [2.24, 2.45) is 17.1 Å². The van der Waals surface area contributed by atoms with Crippen LogP contribution in [0.5, 0.6) is 0 Å². The Hall–Kier alpha value is -0.0800. The molecular weight excluding hydrogens is 126 g/mol. The minimum atomic E-state index is 0.425. The molecule has 0 spiro atoms. The van der Waals surface area contributed by atoms with E-state index in [9.17, 15) is 0 Å². The van der Waals surface area contributed by atoms with Gasteiger partial charge in [0.1, 0.15) is 0 Å². The molecule has 1 rings (SSSR count). The lowest BCUT2D eigenvalue weighted by Crippen LogP contribution is -2.49. The fourth-order valence-electron chi connectivity index (χ4n) is 1.45. The van der Waals surface area contributed by atoms with Gasteiger partial charge in [-0.05, 0) is 18.9 Å². The molecular formula is C8H17NO. The van der Waals surface area contributed by atoms with Gasteiger partial charge >= 0.3 is 0 Å². The molecule has 0 unspecified atom stereocenters. The van der Waals surface area contributed by atoms with E-state index in [0.717, 1.165) is 19.8 Å². The number of hydrogen-bond donors (Lipinski definition) is 1. The van der Waals surface area contributed by atoms with E-state index >= 15 is 0 Å². The lowest BCUT2D eigenvalue weighted by molar-refractivity contribution is -0.142. The highest BCUT2D eigenvalue weighted by Gasteiger charge is 2.40. The molecule has 1 aliphatic rings. The molecule has 2 heteroatoms. The molecule has 60 valence electrons. The number of hydrogen-bond acceptors (Lipinski definition) is 2. The summed E-state index contributed by atoms with van der Waals surface area (Å²) in [5.41, 5.74) is 6.01. The van der Waals surface area contributed by atoms with Gasteiger partial charge < -0.3 is 10.5 Å². The fourth-order valence-corrected chi connectivity index (χ4v) is 1.45. The van der Waals surface area contributed by atoms with Gasteiger partial charge in [-0.3, -0.25) is 0 Å². The summed E-state index contributed by atoms with van der Waals surface area (Å²) in [5, 5.41) is 0. The summed E-state index contributed by atoms with van der Waals surface area (Å²) in [7, 11) is 0. The topological polar surface area (TPSA) is 35.2 Å². The molecule has 0 aromatic carbocycles. The van der Waals surface area contributed by atoms with Gasteiger partial charge in [0.2, 0.25) is 0 Å². The zero-order valence-corrected chi connectivity index (χ0v) is 6.89. The van der Waals surface area contributed by atoms with E-state index in [4.69, 9.17) is 10.5 Å². The second kappa shape index (κ2) is 2.89. The SMILES string of the molecule is CCC1([C@@H](C)CN)COC1. The molecule has 0 amide bonds. The van der Waals surface area contributed by atoms with Crippen LogP contribution in [0.25, 0.3) is 0 Å². The minimum Gasteiger partial charge on any atom is -0.380 e. The van der Waals surface area contributed by atoms with Crippen LogP contribution >= 0.6 is 0 Å². The average molecular weight is 143 g/mol. The predicted molar refractivity (Wildman–Crippen MR) is 41.8 cm³/mol. The number of ether oxygens (including phenoxy) is 1. The second-order valence-electron chi connectivity index (χ2n) is 3.35. The first-order valence-electron chi connectivity index (χ1n) is 4.03. The van der Waals surface area contributed by atoms with Gasteiger partial charge in [-0.2, -0.15) is 0 Å². The summed E-state index contributed by atoms with van der Waals surface area (Å²) < 4.78 is 5.20. The smallest absolute Gasteiger partial charge is 0.0547 e. The Kier molecular flexibility index (Phi) is 2.32. The van der Waals surface area contributed by atoms with Gasteiger partial charge in [-0.1, -0.05) is 13.8 Å². The van der Waals surface area contributed by atoms with E-state index in [0.29, 0.717) is 11.3 Å². The molecule has 1 fully saturated rings. The highest BCUT2D eigenvalue weighted by molar-refractivity contribution is 4.89. The van der Waals surface area contributed by atoms with E-state index in [1.807, 2.05) is 0 Å². The molecule has 1 saturated heterocycles. The average Bonchev–Trinajstić information content (AvgIpc) is 1.86. The molecule has 1 aliphatic heterocycles. The van der Waals surface area contributed by atoms with Crippen LogP contribution in [0.15, 0.2) is 0 Å². The van der Waals surface area contributed by atoms with Crippen molar-refractivity contribution < 1.29 is 4.74 Å². The van der Waals surface area contributed by atoms with Crippen molar-refractivity contribution in [3.05, 3.63) is 0 Å². The van der Waals surface area contributed by atoms with E-state index in [1.165, 1.54) is 6.42 Å². The van der Waals surface area contributed by atoms with Gasteiger partial charge in [-0.15, -0.1) is 0 Å². The van der Waals surface area contributed by atoms with Crippen molar-refractivity contribution in [3.8, 4) is 0 Å². The molecule has 1 atom stereocenters. The maximum Gasteiger partial charge on any atom is 0.0547 e. The number of nitrogens with two attached hydrogens (primary N) is 1. The lowest BCUT2D eigenvalue weighted by Gasteiger charge is -2.45. The first kappa shape index (κ1) is 8.02. The van der Waals surface area contributed by atoms with Crippen molar-refractivity contribution >= 4 is 0 Å². The van der Waals surface area contributed by atoms with Crippen LogP contribution in [0.3, 0.4) is 0 Å². The first-order chi connectivity index (χ1) is 4.75. The zero-order chi connectivity index (χ0) is 7.61. The molecule has 10 heavy (non-hydrogen) atoms. The monoisotopic (exact) mass is 143 g/mol. The van der Waals surface area contributed by atoms with Crippen LogP contribution in [0.1, 0.15) is 20.3 Å². The van der Waals surface area contributed by atoms with Gasteiger partial charge in [-0.25, -0.2) is 0 Å². The van der Waals surface area contributed by atoms with Gasteiger partial charge in [0.15, 0.2) is 0 Å². The van der Waals surface area contributed by atoms with Crippen LogP contribution in [0.2, 0.25) is 0 Å². The van der Waals surface area contributed by atoms with E-state index in [1.54, 1.807) is 0 Å². The van der Waals surface area contributed by atoms with Crippen LogP contribution in [-0.2, 0) is 4.74 Å². The quantitative estimate of drug-likeness (QED) is 0.640. The Morgan fingerprint density at radius 1 is 1.60 bits per heavy atom. The van der Waals surface area contributed by atoms with E-state index < -0.39 is 0 Å². The van der Waals surface area contributed by atoms with Crippen molar-refractivity contribution in [1.29, 1.82) is 0 Å². The lowest BCUT2D eigenvalue weighted by atomic mass is 9.72. The first-order valence-corrected chi connectivity index (χ1v) is 4.03. The molecule has 0 saturated carbocycles. The Morgan fingerprint density at radius 2 is 2.20 bits per heavy atom. The summed E-state index contributed by atoms with van der Waals surface area (Å²) in [6.45, 7) is 7.06. The zero-order valence-electron chi connectivity index (χ0n) is 6.89.